The predicted molar refractivity (Wildman–Crippen MR) is 97.1 cm³/mol. The summed E-state index contributed by atoms with van der Waals surface area (Å²) in [6.07, 6.45) is 3.24. The van der Waals surface area contributed by atoms with Crippen LogP contribution >= 0.6 is 0 Å². The molecule has 1 fully saturated rings. The molecule has 4 nitrogen and oxygen atoms in total. The molecule has 1 N–H and O–H groups in total. The average molecular weight is 335 g/mol. The number of aromatic nitrogens is 1. The van der Waals surface area contributed by atoms with Crippen molar-refractivity contribution < 1.29 is 9.18 Å². The number of hydrogen-bond donors (Lipinski definition) is 1. The topological polar surface area (TPSA) is 45.2 Å². The molecule has 0 unspecified atom stereocenters. The number of nitrogens with zero attached hydrogens (tertiary/aromatic N) is 2. The minimum Gasteiger partial charge on any atom is -0.380 e. The van der Waals surface area contributed by atoms with Crippen LogP contribution in [-0.2, 0) is 11.3 Å². The van der Waals surface area contributed by atoms with Crippen molar-refractivity contribution in [3.8, 4) is 0 Å². The van der Waals surface area contributed by atoms with E-state index in [0.29, 0.717) is 18.5 Å². The number of amides is 1. The van der Waals surface area contributed by atoms with Gasteiger partial charge in [0.1, 0.15) is 5.82 Å². The van der Waals surface area contributed by atoms with Gasteiger partial charge in [0.25, 0.3) is 0 Å². The Hall–Kier alpha value is -2.95. The summed E-state index contributed by atoms with van der Waals surface area (Å²) < 4.78 is 13.3. The maximum Gasteiger partial charge on any atom is 0.227 e. The van der Waals surface area contributed by atoms with E-state index in [2.05, 4.69) is 10.3 Å². The van der Waals surface area contributed by atoms with Gasteiger partial charge in [-0.1, -0.05) is 12.1 Å². The number of nitrogens with one attached hydrogen (secondary N) is 1. The van der Waals surface area contributed by atoms with Crippen LogP contribution in [0.5, 0.6) is 0 Å². The van der Waals surface area contributed by atoms with Gasteiger partial charge in [0, 0.05) is 48.5 Å². The summed E-state index contributed by atoms with van der Waals surface area (Å²) in [5.41, 5.74) is 3.62. The van der Waals surface area contributed by atoms with Crippen LogP contribution in [0.2, 0.25) is 0 Å². The highest BCUT2D eigenvalue weighted by atomic mass is 19.1. The minimum absolute atomic E-state index is 0.196. The van der Waals surface area contributed by atoms with Crippen molar-refractivity contribution in [1.82, 2.24) is 4.98 Å². The van der Waals surface area contributed by atoms with E-state index in [9.17, 15) is 9.18 Å². The molecular weight excluding hydrogens is 317 g/mol. The third-order valence-corrected chi connectivity index (χ3v) is 4.51. The lowest BCUT2D eigenvalue weighted by Crippen LogP contribution is -2.23. The van der Waals surface area contributed by atoms with Crippen molar-refractivity contribution in [1.29, 1.82) is 0 Å². The second-order valence-electron chi connectivity index (χ2n) is 6.19. The number of rotatable bonds is 4. The van der Waals surface area contributed by atoms with E-state index in [1.54, 1.807) is 12.3 Å². The van der Waals surface area contributed by atoms with E-state index < -0.39 is 0 Å². The summed E-state index contributed by atoms with van der Waals surface area (Å²) in [4.78, 5) is 17.8. The second-order valence-corrected chi connectivity index (χ2v) is 6.19. The average Bonchev–Trinajstić information content (AvgIpc) is 3.06. The summed E-state index contributed by atoms with van der Waals surface area (Å²) in [5.74, 6) is -0.0921. The highest BCUT2D eigenvalue weighted by molar-refractivity contribution is 5.95. The molecule has 0 saturated carbocycles. The first kappa shape index (κ1) is 15.6. The van der Waals surface area contributed by atoms with Crippen LogP contribution < -0.4 is 10.2 Å². The van der Waals surface area contributed by atoms with E-state index in [1.165, 1.54) is 12.1 Å². The first-order valence-corrected chi connectivity index (χ1v) is 8.38. The fourth-order valence-corrected chi connectivity index (χ4v) is 3.19. The number of pyridine rings is 1. The summed E-state index contributed by atoms with van der Waals surface area (Å²) >= 11 is 0. The van der Waals surface area contributed by atoms with Crippen LogP contribution in [0.15, 0.2) is 54.7 Å². The van der Waals surface area contributed by atoms with Gasteiger partial charge in [0.05, 0.1) is 5.52 Å². The molecule has 1 aliphatic rings. The largest absolute Gasteiger partial charge is 0.380 e. The number of carbonyl (C=O) groups is 1. The highest BCUT2D eigenvalue weighted by Crippen LogP contribution is 2.24. The van der Waals surface area contributed by atoms with Gasteiger partial charge in [-0.15, -0.1) is 0 Å². The fraction of sp³-hybridized carbons (Fsp3) is 0.200. The third-order valence-electron chi connectivity index (χ3n) is 4.51. The molecule has 0 atom stereocenters. The van der Waals surface area contributed by atoms with Crippen LogP contribution in [0, 0.1) is 5.82 Å². The number of hydrogen-bond acceptors (Lipinski definition) is 3. The summed E-state index contributed by atoms with van der Waals surface area (Å²) in [5, 5.41) is 4.27. The maximum atomic E-state index is 13.3. The molecule has 1 aliphatic heterocycles. The van der Waals surface area contributed by atoms with Gasteiger partial charge in [-0.3, -0.25) is 9.78 Å². The van der Waals surface area contributed by atoms with Crippen molar-refractivity contribution in [2.45, 2.75) is 19.4 Å². The van der Waals surface area contributed by atoms with E-state index in [-0.39, 0.29) is 11.7 Å². The molecule has 1 amide bonds. The van der Waals surface area contributed by atoms with E-state index in [4.69, 9.17) is 0 Å². The molecule has 0 radical (unpaired) electrons. The lowest BCUT2D eigenvalue weighted by atomic mass is 10.1. The van der Waals surface area contributed by atoms with Gasteiger partial charge >= 0.3 is 0 Å². The zero-order valence-electron chi connectivity index (χ0n) is 13.7. The van der Waals surface area contributed by atoms with Gasteiger partial charge in [-0.25, -0.2) is 4.39 Å². The standard InChI is InChI=1S/C20H18FN3O/c21-15-5-8-17-18(9-10-22-19(17)12-15)23-13-14-3-6-16(7-4-14)24-11-1-2-20(24)25/h3-10,12H,1-2,11,13H2,(H,22,23). The number of fused-ring (bicyclic) bond motifs is 1. The zero-order valence-corrected chi connectivity index (χ0v) is 13.7. The quantitative estimate of drug-likeness (QED) is 0.780. The van der Waals surface area contributed by atoms with Crippen molar-refractivity contribution in [2.75, 3.05) is 16.8 Å². The zero-order chi connectivity index (χ0) is 17.2. The molecule has 2 heterocycles. The molecule has 5 heteroatoms. The van der Waals surface area contributed by atoms with Crippen LogP contribution in [0.25, 0.3) is 10.9 Å². The van der Waals surface area contributed by atoms with Crippen molar-refractivity contribution >= 4 is 28.2 Å². The molecule has 3 aromatic rings. The smallest absolute Gasteiger partial charge is 0.227 e. The Bertz CT molecular complexity index is 924. The van der Waals surface area contributed by atoms with Crippen molar-refractivity contribution in [3.63, 3.8) is 0 Å². The predicted octanol–water partition coefficient (Wildman–Crippen LogP) is 4.11. The molecule has 25 heavy (non-hydrogen) atoms. The number of anilines is 2. The molecular formula is C20H18FN3O. The lowest BCUT2D eigenvalue weighted by Gasteiger charge is -2.16. The van der Waals surface area contributed by atoms with Gasteiger partial charge in [0.2, 0.25) is 5.91 Å². The highest BCUT2D eigenvalue weighted by Gasteiger charge is 2.21. The van der Waals surface area contributed by atoms with E-state index in [0.717, 1.165) is 35.3 Å². The Morgan fingerprint density at radius 3 is 2.72 bits per heavy atom. The first-order chi connectivity index (χ1) is 12.2. The molecule has 0 aliphatic carbocycles. The third kappa shape index (κ3) is 3.18. The molecule has 1 saturated heterocycles. The Morgan fingerprint density at radius 2 is 1.96 bits per heavy atom. The Kier molecular flexibility index (Phi) is 4.06. The molecule has 1 aromatic heterocycles. The second kappa shape index (κ2) is 6.51. The van der Waals surface area contributed by atoms with E-state index >= 15 is 0 Å². The normalized spacial score (nSPS) is 14.3. The van der Waals surface area contributed by atoms with E-state index in [1.807, 2.05) is 35.2 Å². The number of halogens is 1. The number of carbonyl (C=O) groups excluding carboxylic acids is 1. The molecule has 0 bridgehead atoms. The monoisotopic (exact) mass is 335 g/mol. The van der Waals surface area contributed by atoms with Crippen molar-refractivity contribution in [3.05, 3.63) is 66.1 Å². The van der Waals surface area contributed by atoms with Crippen LogP contribution in [0.3, 0.4) is 0 Å². The SMILES string of the molecule is O=C1CCCN1c1ccc(CNc2ccnc3cc(F)ccc23)cc1. The Labute approximate surface area is 145 Å². The molecule has 126 valence electrons. The summed E-state index contributed by atoms with van der Waals surface area (Å²) in [7, 11) is 0. The Morgan fingerprint density at radius 1 is 1.12 bits per heavy atom. The van der Waals surface area contributed by atoms with Crippen LogP contribution in [0.1, 0.15) is 18.4 Å². The minimum atomic E-state index is -0.288. The van der Waals surface area contributed by atoms with Gasteiger partial charge in [-0.2, -0.15) is 0 Å². The summed E-state index contributed by atoms with van der Waals surface area (Å²) in [6, 6.07) is 14.5. The van der Waals surface area contributed by atoms with Gasteiger partial charge in [-0.05, 0) is 42.3 Å². The molecule has 0 spiro atoms. The van der Waals surface area contributed by atoms with Crippen LogP contribution in [0.4, 0.5) is 15.8 Å². The van der Waals surface area contributed by atoms with Gasteiger partial charge in [0.15, 0.2) is 0 Å². The Balaban J connectivity index is 1.49. The van der Waals surface area contributed by atoms with Gasteiger partial charge < -0.3 is 10.2 Å². The molecule has 4 rings (SSSR count). The maximum absolute atomic E-state index is 13.3. The van der Waals surface area contributed by atoms with Crippen molar-refractivity contribution in [2.24, 2.45) is 0 Å². The first-order valence-electron chi connectivity index (χ1n) is 8.38. The summed E-state index contributed by atoms with van der Waals surface area (Å²) in [6.45, 7) is 1.45. The van der Waals surface area contributed by atoms with Crippen LogP contribution in [-0.4, -0.2) is 17.4 Å². The fourth-order valence-electron chi connectivity index (χ4n) is 3.19. The molecule has 2 aromatic carbocycles. The number of benzene rings is 2. The lowest BCUT2D eigenvalue weighted by molar-refractivity contribution is -0.117.